The Labute approximate surface area is 225 Å². The molecule has 0 unspecified atom stereocenters. The Bertz CT molecular complexity index is 1470. The summed E-state index contributed by atoms with van der Waals surface area (Å²) in [6, 6.07) is 20.0. The van der Waals surface area contributed by atoms with E-state index < -0.39 is 41.3 Å². The number of nitrogens with one attached hydrogen (secondary N) is 1. The van der Waals surface area contributed by atoms with E-state index in [9.17, 15) is 20.1 Å². The highest BCUT2D eigenvalue weighted by Crippen LogP contribution is 2.74. The van der Waals surface area contributed by atoms with Gasteiger partial charge in [-0.05, 0) is 47.4 Å². The van der Waals surface area contributed by atoms with Crippen LogP contribution in [0.4, 0.5) is 0 Å². The summed E-state index contributed by atoms with van der Waals surface area (Å²) in [6.07, 6.45) is 0. The number of carbonyl (C=O) groups excluding carboxylic acids is 1. The number of aliphatic hydroxyl groups excluding tert-OH is 2. The SMILES string of the molecule is COC(=O)[C@@H]1[C@@H](c2ccccc2)[C@]2(c3ccc(OC)cc3)Oc3cc(CO)cc(CO)c3[C@@]23N=C(C)N[C@@]13O. The minimum atomic E-state index is -2.00. The first kappa shape index (κ1) is 25.4. The molecule has 6 rings (SSSR count). The van der Waals surface area contributed by atoms with Crippen molar-refractivity contribution < 1.29 is 34.3 Å². The smallest absolute Gasteiger partial charge is 0.314 e. The van der Waals surface area contributed by atoms with Crippen LogP contribution in [0.3, 0.4) is 0 Å². The van der Waals surface area contributed by atoms with Crippen molar-refractivity contribution in [1.29, 1.82) is 0 Å². The maximum absolute atomic E-state index is 13.7. The summed E-state index contributed by atoms with van der Waals surface area (Å²) >= 11 is 0. The molecule has 1 saturated carbocycles. The van der Waals surface area contributed by atoms with Gasteiger partial charge in [0.1, 0.15) is 17.4 Å². The molecule has 1 spiro atoms. The van der Waals surface area contributed by atoms with Crippen molar-refractivity contribution in [3.05, 3.63) is 94.5 Å². The van der Waals surface area contributed by atoms with Gasteiger partial charge < -0.3 is 34.8 Å². The highest BCUT2D eigenvalue weighted by Gasteiger charge is 2.86. The molecule has 4 N–H and O–H groups in total. The van der Waals surface area contributed by atoms with Gasteiger partial charge in [0.2, 0.25) is 0 Å². The number of aliphatic imine (C=N–C) groups is 1. The lowest BCUT2D eigenvalue weighted by molar-refractivity contribution is -0.158. The van der Waals surface area contributed by atoms with E-state index in [1.165, 1.54) is 7.11 Å². The van der Waals surface area contributed by atoms with Crippen LogP contribution in [0.25, 0.3) is 0 Å². The maximum atomic E-state index is 13.7. The second-order valence-electron chi connectivity index (χ2n) is 10.2. The molecular formula is C30H30N2O7. The number of rotatable bonds is 6. The molecule has 39 heavy (non-hydrogen) atoms. The molecule has 0 aromatic heterocycles. The molecule has 3 aliphatic rings. The van der Waals surface area contributed by atoms with E-state index in [2.05, 4.69) is 5.32 Å². The Morgan fingerprint density at radius 3 is 2.38 bits per heavy atom. The molecular weight excluding hydrogens is 500 g/mol. The van der Waals surface area contributed by atoms with Crippen LogP contribution in [0.5, 0.6) is 11.5 Å². The molecule has 0 saturated heterocycles. The van der Waals surface area contributed by atoms with Crippen LogP contribution < -0.4 is 14.8 Å². The number of benzene rings is 3. The zero-order chi connectivity index (χ0) is 27.6. The van der Waals surface area contributed by atoms with Crippen LogP contribution in [0.15, 0.2) is 71.7 Å². The first-order valence-corrected chi connectivity index (χ1v) is 12.7. The lowest BCUT2D eigenvalue weighted by Gasteiger charge is -2.42. The van der Waals surface area contributed by atoms with Crippen molar-refractivity contribution in [2.75, 3.05) is 14.2 Å². The second-order valence-corrected chi connectivity index (χ2v) is 10.2. The predicted octanol–water partition coefficient (Wildman–Crippen LogP) is 2.46. The molecule has 9 heteroatoms. The minimum absolute atomic E-state index is 0.274. The number of fused-ring (bicyclic) bond motifs is 1. The molecule has 5 atom stereocenters. The van der Waals surface area contributed by atoms with Crippen LogP contribution in [0.1, 0.15) is 40.7 Å². The Kier molecular flexibility index (Phi) is 5.73. The molecule has 2 aliphatic heterocycles. The minimum Gasteiger partial charge on any atom is -0.497 e. The van der Waals surface area contributed by atoms with Gasteiger partial charge in [-0.2, -0.15) is 0 Å². The summed E-state index contributed by atoms with van der Waals surface area (Å²) in [6.45, 7) is 1.04. The lowest BCUT2D eigenvalue weighted by Crippen LogP contribution is -2.61. The monoisotopic (exact) mass is 530 g/mol. The number of esters is 1. The molecule has 0 amide bonds. The summed E-state index contributed by atoms with van der Waals surface area (Å²) in [5, 5.41) is 36.5. The van der Waals surface area contributed by atoms with Gasteiger partial charge in [0.15, 0.2) is 16.9 Å². The van der Waals surface area contributed by atoms with Gasteiger partial charge >= 0.3 is 5.97 Å². The summed E-state index contributed by atoms with van der Waals surface area (Å²) in [5.74, 6) is -1.19. The third-order valence-electron chi connectivity index (χ3n) is 8.38. The first-order valence-electron chi connectivity index (χ1n) is 12.7. The Hall–Kier alpha value is -3.92. The van der Waals surface area contributed by atoms with E-state index in [4.69, 9.17) is 19.2 Å². The van der Waals surface area contributed by atoms with Gasteiger partial charge in [-0.25, -0.2) is 0 Å². The summed E-state index contributed by atoms with van der Waals surface area (Å²) in [5.41, 5.74) is -2.27. The topological polar surface area (TPSA) is 130 Å². The second kappa shape index (κ2) is 8.81. The average molecular weight is 531 g/mol. The van der Waals surface area contributed by atoms with Gasteiger partial charge in [-0.3, -0.25) is 9.79 Å². The van der Waals surface area contributed by atoms with Crippen LogP contribution in [0.2, 0.25) is 0 Å². The van der Waals surface area contributed by atoms with E-state index in [1.807, 2.05) is 42.5 Å². The summed E-state index contributed by atoms with van der Waals surface area (Å²) in [7, 11) is 2.86. The van der Waals surface area contributed by atoms with Crippen molar-refractivity contribution in [2.45, 2.75) is 42.9 Å². The van der Waals surface area contributed by atoms with Crippen LogP contribution >= 0.6 is 0 Å². The zero-order valence-corrected chi connectivity index (χ0v) is 21.8. The van der Waals surface area contributed by atoms with E-state index in [-0.39, 0.29) is 6.61 Å². The van der Waals surface area contributed by atoms with Crippen LogP contribution in [-0.4, -0.2) is 47.1 Å². The molecule has 1 fully saturated rings. The highest BCUT2D eigenvalue weighted by atomic mass is 16.5. The lowest BCUT2D eigenvalue weighted by atomic mass is 9.68. The van der Waals surface area contributed by atoms with E-state index in [1.54, 1.807) is 38.3 Å². The number of aliphatic hydroxyl groups is 3. The van der Waals surface area contributed by atoms with E-state index in [0.717, 1.165) is 5.56 Å². The summed E-state index contributed by atoms with van der Waals surface area (Å²) in [4.78, 5) is 18.8. The number of nitrogens with zero attached hydrogens (tertiary/aromatic N) is 1. The van der Waals surface area contributed by atoms with Gasteiger partial charge in [0.25, 0.3) is 0 Å². The fourth-order valence-electron chi connectivity index (χ4n) is 7.09. The molecule has 3 aromatic rings. The van der Waals surface area contributed by atoms with E-state index >= 15 is 0 Å². The predicted molar refractivity (Wildman–Crippen MR) is 141 cm³/mol. The van der Waals surface area contributed by atoms with Crippen molar-refractivity contribution >= 4 is 11.8 Å². The third kappa shape index (κ3) is 3.06. The molecule has 1 aliphatic carbocycles. The Morgan fingerprint density at radius 1 is 1.05 bits per heavy atom. The number of hydrogen-bond acceptors (Lipinski definition) is 9. The van der Waals surface area contributed by atoms with Crippen LogP contribution in [0, 0.1) is 5.92 Å². The molecule has 202 valence electrons. The maximum Gasteiger partial charge on any atom is 0.314 e. The van der Waals surface area contributed by atoms with Gasteiger partial charge in [-0.1, -0.05) is 48.5 Å². The average Bonchev–Trinajstić information content (AvgIpc) is 3.47. The van der Waals surface area contributed by atoms with Crippen molar-refractivity contribution in [1.82, 2.24) is 5.32 Å². The zero-order valence-electron chi connectivity index (χ0n) is 21.8. The molecule has 9 nitrogen and oxygen atoms in total. The van der Waals surface area contributed by atoms with Crippen molar-refractivity contribution in [3.63, 3.8) is 0 Å². The molecule has 3 aromatic carbocycles. The van der Waals surface area contributed by atoms with Crippen molar-refractivity contribution in [2.24, 2.45) is 10.9 Å². The number of amidine groups is 1. The normalized spacial score (nSPS) is 29.9. The highest BCUT2D eigenvalue weighted by molar-refractivity contribution is 5.89. The third-order valence-corrected chi connectivity index (χ3v) is 8.38. The number of ether oxygens (including phenoxy) is 3. The number of methoxy groups -OCH3 is 2. The molecule has 0 radical (unpaired) electrons. The van der Waals surface area contributed by atoms with Gasteiger partial charge in [0, 0.05) is 11.5 Å². The van der Waals surface area contributed by atoms with Crippen molar-refractivity contribution in [3.8, 4) is 11.5 Å². The first-order chi connectivity index (χ1) is 18.8. The number of hydrogen-bond donors (Lipinski definition) is 4. The van der Waals surface area contributed by atoms with Gasteiger partial charge in [-0.15, -0.1) is 0 Å². The van der Waals surface area contributed by atoms with Crippen LogP contribution in [-0.2, 0) is 33.9 Å². The summed E-state index contributed by atoms with van der Waals surface area (Å²) < 4.78 is 17.7. The largest absolute Gasteiger partial charge is 0.497 e. The Morgan fingerprint density at radius 2 is 1.77 bits per heavy atom. The van der Waals surface area contributed by atoms with E-state index in [0.29, 0.717) is 39.6 Å². The molecule has 2 heterocycles. The fourth-order valence-corrected chi connectivity index (χ4v) is 7.09. The number of carbonyl (C=O) groups is 1. The quantitative estimate of drug-likeness (QED) is 0.358. The molecule has 0 bridgehead atoms. The Balaban J connectivity index is 1.79. The standard InChI is InChI=1S/C30H30N2O7/c1-17-31-29-24-20(16-34)13-18(15-33)14-23(24)39-28(29,21-9-11-22(37-2)12-10-21)25(19-7-5-4-6-8-19)26(27(35)38-3)30(29,36)32-17/h4-14,25-26,33-34,36H,15-16H2,1-3H3,(H,31,32)/t25-,26+,28+,29-,30-/m1/s1. The van der Waals surface area contributed by atoms with Gasteiger partial charge in [0.05, 0.1) is 33.3 Å². The fraction of sp³-hybridized carbons (Fsp3) is 0.333.